The first-order valence-electron chi connectivity index (χ1n) is 12.7. The highest BCUT2D eigenvalue weighted by Gasteiger charge is 2.26. The molecule has 2 aliphatic heterocycles. The molecule has 5 rings (SSSR count). The molecule has 1 N–H and O–H groups in total. The van der Waals surface area contributed by atoms with Crippen molar-refractivity contribution in [1.82, 2.24) is 14.9 Å². The number of halogens is 2. The van der Waals surface area contributed by atoms with Crippen molar-refractivity contribution >= 4 is 17.3 Å². The van der Waals surface area contributed by atoms with Crippen LogP contribution in [0, 0.1) is 11.6 Å². The topological polar surface area (TPSA) is 62.8 Å². The zero-order valence-corrected chi connectivity index (χ0v) is 21.7. The van der Waals surface area contributed by atoms with Crippen molar-refractivity contribution in [1.29, 1.82) is 0 Å². The fraction of sp³-hybridized carbons (Fsp3) is 0.429. The van der Waals surface area contributed by atoms with Crippen LogP contribution in [0.25, 0.3) is 11.3 Å². The molecule has 1 aromatic heterocycles. The number of rotatable bonds is 6. The lowest BCUT2D eigenvalue weighted by molar-refractivity contribution is 0.253. The summed E-state index contributed by atoms with van der Waals surface area (Å²) in [7, 11) is 3.65. The quantitative estimate of drug-likeness (QED) is 0.465. The highest BCUT2D eigenvalue weighted by Crippen LogP contribution is 2.44. The molecule has 0 atom stereocenters. The second kappa shape index (κ2) is 10.5. The molecule has 1 fully saturated rings. The molecule has 2 aliphatic rings. The number of benzene rings is 2. The predicted octanol–water partition coefficient (Wildman–Crippen LogP) is 5.59. The number of aromatic nitrogens is 2. The van der Waals surface area contributed by atoms with E-state index in [0.29, 0.717) is 29.4 Å². The minimum Gasteiger partial charge on any atom is -0.493 e. The van der Waals surface area contributed by atoms with Gasteiger partial charge >= 0.3 is 0 Å². The van der Waals surface area contributed by atoms with Gasteiger partial charge < -0.3 is 24.6 Å². The Morgan fingerprint density at radius 2 is 1.86 bits per heavy atom. The van der Waals surface area contributed by atoms with Gasteiger partial charge in [0.1, 0.15) is 18.1 Å². The first kappa shape index (κ1) is 25.2. The molecule has 0 bridgehead atoms. The summed E-state index contributed by atoms with van der Waals surface area (Å²) in [5.74, 6) is 0.721. The van der Waals surface area contributed by atoms with Gasteiger partial charge in [-0.2, -0.15) is 0 Å². The van der Waals surface area contributed by atoms with Crippen molar-refractivity contribution in [2.24, 2.45) is 0 Å². The van der Waals surface area contributed by atoms with Crippen LogP contribution in [-0.2, 0) is 0 Å². The molecule has 0 amide bonds. The second-order valence-corrected chi connectivity index (χ2v) is 9.99. The van der Waals surface area contributed by atoms with E-state index in [2.05, 4.69) is 46.0 Å². The number of likely N-dealkylation sites (tertiary alicyclic amines) is 1. The molecule has 0 saturated carbocycles. The molecule has 37 heavy (non-hydrogen) atoms. The molecule has 9 heteroatoms. The number of piperidine rings is 1. The van der Waals surface area contributed by atoms with Gasteiger partial charge in [-0.1, -0.05) is 6.07 Å². The van der Waals surface area contributed by atoms with Crippen LogP contribution in [0.5, 0.6) is 11.5 Å². The summed E-state index contributed by atoms with van der Waals surface area (Å²) in [6.07, 6.45) is 3.00. The predicted molar refractivity (Wildman–Crippen MR) is 141 cm³/mol. The lowest BCUT2D eigenvalue weighted by atomic mass is 9.89. The third kappa shape index (κ3) is 5.18. The van der Waals surface area contributed by atoms with Crippen LogP contribution in [0.4, 0.5) is 26.1 Å². The van der Waals surface area contributed by atoms with E-state index in [1.54, 1.807) is 13.2 Å². The Hall–Kier alpha value is -3.46. The minimum atomic E-state index is -0.566. The molecule has 0 spiro atoms. The molecule has 1 saturated heterocycles. The fourth-order valence-electron chi connectivity index (χ4n) is 5.15. The standard InChI is InChI=1S/C28H33F2N5O2/c1-17(2)35-11-12-37-27-24(35)13-19(14-25(27)36-4)26-23(30)16-31-28(33-26)32-20-5-6-21(22(29)15-20)18-7-9-34(3)10-8-18/h5-6,13-18H,7-12H2,1-4H3,(H,31,32,33). The van der Waals surface area contributed by atoms with E-state index in [1.165, 1.54) is 6.07 Å². The first-order chi connectivity index (χ1) is 17.8. The maximum absolute atomic E-state index is 15.0. The van der Waals surface area contributed by atoms with Gasteiger partial charge in [0, 0.05) is 17.3 Å². The number of fused-ring (bicyclic) bond motifs is 1. The molecule has 3 aromatic rings. The highest BCUT2D eigenvalue weighted by molar-refractivity contribution is 5.77. The molecule has 0 aliphatic carbocycles. The number of anilines is 3. The summed E-state index contributed by atoms with van der Waals surface area (Å²) >= 11 is 0. The average molecular weight is 510 g/mol. The number of hydrogen-bond donors (Lipinski definition) is 1. The Morgan fingerprint density at radius 3 is 2.57 bits per heavy atom. The van der Waals surface area contributed by atoms with Crippen LogP contribution in [0.15, 0.2) is 36.5 Å². The normalized spacial score (nSPS) is 16.5. The van der Waals surface area contributed by atoms with Gasteiger partial charge in [0.2, 0.25) is 5.95 Å². The monoisotopic (exact) mass is 509 g/mol. The Kier molecular flexibility index (Phi) is 7.15. The summed E-state index contributed by atoms with van der Waals surface area (Å²) < 4.78 is 41.4. The summed E-state index contributed by atoms with van der Waals surface area (Å²) in [5.41, 5.74) is 2.73. The van der Waals surface area contributed by atoms with Gasteiger partial charge in [0.05, 0.1) is 25.5 Å². The fourth-order valence-corrected chi connectivity index (χ4v) is 5.15. The summed E-state index contributed by atoms with van der Waals surface area (Å²) in [5, 5.41) is 3.03. The SMILES string of the molecule is COc1cc(-c2nc(Nc3ccc(C4CCN(C)CC4)c(F)c3)ncc2F)cc2c1OCCN2C(C)C. The molecular formula is C28H33F2N5O2. The Balaban J connectivity index is 1.43. The zero-order chi connectivity index (χ0) is 26.1. The number of hydrogen-bond acceptors (Lipinski definition) is 7. The zero-order valence-electron chi connectivity index (χ0n) is 21.7. The van der Waals surface area contributed by atoms with Gasteiger partial charge in [-0.3, -0.25) is 0 Å². The van der Waals surface area contributed by atoms with Crippen molar-refractivity contribution in [2.75, 3.05) is 50.6 Å². The van der Waals surface area contributed by atoms with E-state index < -0.39 is 5.82 Å². The summed E-state index contributed by atoms with van der Waals surface area (Å²) in [6.45, 7) is 7.38. The minimum absolute atomic E-state index is 0.122. The van der Waals surface area contributed by atoms with Crippen LogP contribution >= 0.6 is 0 Å². The van der Waals surface area contributed by atoms with Crippen molar-refractivity contribution in [3.05, 3.63) is 53.7 Å². The average Bonchev–Trinajstić information content (AvgIpc) is 2.89. The van der Waals surface area contributed by atoms with Gasteiger partial charge in [0.25, 0.3) is 0 Å². The number of ether oxygens (including phenoxy) is 2. The van der Waals surface area contributed by atoms with Crippen LogP contribution in [0.3, 0.4) is 0 Å². The van der Waals surface area contributed by atoms with Crippen LogP contribution < -0.4 is 19.7 Å². The van der Waals surface area contributed by atoms with E-state index >= 15 is 4.39 Å². The maximum atomic E-state index is 15.0. The molecule has 3 heterocycles. The van der Waals surface area contributed by atoms with Gasteiger partial charge in [-0.15, -0.1) is 0 Å². The van der Waals surface area contributed by atoms with E-state index in [-0.39, 0.29) is 29.4 Å². The van der Waals surface area contributed by atoms with E-state index in [0.717, 1.165) is 49.9 Å². The second-order valence-electron chi connectivity index (χ2n) is 9.99. The highest BCUT2D eigenvalue weighted by atomic mass is 19.1. The lowest BCUT2D eigenvalue weighted by Gasteiger charge is -2.35. The lowest BCUT2D eigenvalue weighted by Crippen LogP contribution is -2.38. The van der Waals surface area contributed by atoms with Crippen molar-refractivity contribution in [3.8, 4) is 22.8 Å². The maximum Gasteiger partial charge on any atom is 0.227 e. The number of nitrogens with zero attached hydrogens (tertiary/aromatic N) is 4. The molecule has 2 aromatic carbocycles. The Labute approximate surface area is 216 Å². The number of nitrogens with one attached hydrogen (secondary N) is 1. The molecule has 0 radical (unpaired) electrons. The molecule has 7 nitrogen and oxygen atoms in total. The molecule has 196 valence electrons. The summed E-state index contributed by atoms with van der Waals surface area (Å²) in [4.78, 5) is 13.0. The number of methoxy groups -OCH3 is 1. The van der Waals surface area contributed by atoms with Crippen molar-refractivity contribution < 1.29 is 18.3 Å². The van der Waals surface area contributed by atoms with E-state index in [1.807, 2.05) is 18.2 Å². The Bertz CT molecular complexity index is 1280. The smallest absolute Gasteiger partial charge is 0.227 e. The van der Waals surface area contributed by atoms with Crippen LogP contribution in [0.2, 0.25) is 0 Å². The Morgan fingerprint density at radius 1 is 1.08 bits per heavy atom. The van der Waals surface area contributed by atoms with Crippen LogP contribution in [-0.4, -0.2) is 61.3 Å². The third-order valence-electron chi connectivity index (χ3n) is 7.20. The van der Waals surface area contributed by atoms with Gasteiger partial charge in [-0.25, -0.2) is 18.7 Å². The first-order valence-corrected chi connectivity index (χ1v) is 12.7. The molecule has 0 unspecified atom stereocenters. The largest absolute Gasteiger partial charge is 0.493 e. The van der Waals surface area contributed by atoms with Crippen LogP contribution in [0.1, 0.15) is 38.2 Å². The van der Waals surface area contributed by atoms with Crippen molar-refractivity contribution in [2.45, 2.75) is 38.6 Å². The van der Waals surface area contributed by atoms with E-state index in [9.17, 15) is 4.39 Å². The summed E-state index contributed by atoms with van der Waals surface area (Å²) in [6, 6.07) is 8.91. The van der Waals surface area contributed by atoms with E-state index in [4.69, 9.17) is 9.47 Å². The van der Waals surface area contributed by atoms with Crippen molar-refractivity contribution in [3.63, 3.8) is 0 Å². The third-order valence-corrected chi connectivity index (χ3v) is 7.20. The van der Waals surface area contributed by atoms with Gasteiger partial charge in [0.15, 0.2) is 17.3 Å². The molecular weight excluding hydrogens is 476 g/mol. The van der Waals surface area contributed by atoms with Gasteiger partial charge in [-0.05, 0) is 82.6 Å².